The zero-order valence-electron chi connectivity index (χ0n) is 10.1. The highest BCUT2D eigenvalue weighted by molar-refractivity contribution is 9.10. The molecule has 5 nitrogen and oxygen atoms in total. The molecule has 2 aromatic rings. The van der Waals surface area contributed by atoms with Gasteiger partial charge in [-0.15, -0.1) is 0 Å². The standard InChI is InChI=1S/C13H10BrN3O2/c1-2-19-13(18)4-3-11-9-6-10(14)8(7-15)5-12(9)17-16-11/h3-6H,2H2,1H3,(H,16,17). The van der Waals surface area contributed by atoms with Crippen molar-refractivity contribution in [2.24, 2.45) is 0 Å². The monoisotopic (exact) mass is 319 g/mol. The average molecular weight is 320 g/mol. The molecular weight excluding hydrogens is 310 g/mol. The van der Waals surface area contributed by atoms with Crippen LogP contribution in [0, 0.1) is 11.3 Å². The van der Waals surface area contributed by atoms with Crippen LogP contribution >= 0.6 is 15.9 Å². The second-order valence-corrected chi connectivity index (χ2v) is 4.54. The molecule has 0 fully saturated rings. The third kappa shape index (κ3) is 2.83. The van der Waals surface area contributed by atoms with Crippen molar-refractivity contribution in [3.05, 3.63) is 33.9 Å². The van der Waals surface area contributed by atoms with Crippen molar-refractivity contribution in [1.29, 1.82) is 5.26 Å². The number of carbonyl (C=O) groups excluding carboxylic acids is 1. The van der Waals surface area contributed by atoms with Crippen molar-refractivity contribution in [1.82, 2.24) is 10.2 Å². The van der Waals surface area contributed by atoms with E-state index in [2.05, 4.69) is 32.2 Å². The first-order valence-corrected chi connectivity index (χ1v) is 6.37. The van der Waals surface area contributed by atoms with E-state index in [1.807, 2.05) is 0 Å². The minimum atomic E-state index is -0.411. The van der Waals surface area contributed by atoms with Crippen LogP contribution in [0.1, 0.15) is 18.2 Å². The largest absolute Gasteiger partial charge is 0.463 e. The van der Waals surface area contributed by atoms with E-state index in [0.717, 1.165) is 10.9 Å². The van der Waals surface area contributed by atoms with Gasteiger partial charge in [0.15, 0.2) is 0 Å². The molecule has 0 saturated heterocycles. The van der Waals surface area contributed by atoms with E-state index in [1.54, 1.807) is 25.1 Å². The molecule has 96 valence electrons. The maximum Gasteiger partial charge on any atom is 0.330 e. The number of halogens is 1. The van der Waals surface area contributed by atoms with E-state index in [9.17, 15) is 4.79 Å². The number of aromatic nitrogens is 2. The molecule has 0 aliphatic heterocycles. The van der Waals surface area contributed by atoms with Crippen molar-refractivity contribution < 1.29 is 9.53 Å². The van der Waals surface area contributed by atoms with Crippen LogP contribution in [-0.4, -0.2) is 22.8 Å². The van der Waals surface area contributed by atoms with E-state index < -0.39 is 5.97 Å². The molecule has 0 amide bonds. The third-order valence-electron chi connectivity index (χ3n) is 2.46. The van der Waals surface area contributed by atoms with Crippen molar-refractivity contribution in [2.45, 2.75) is 6.92 Å². The average Bonchev–Trinajstić information content (AvgIpc) is 2.78. The molecule has 2 rings (SSSR count). The SMILES string of the molecule is CCOC(=O)C=Cc1n[nH]c2cc(C#N)c(Br)cc12. The van der Waals surface area contributed by atoms with Gasteiger partial charge in [0.05, 0.1) is 23.4 Å². The lowest BCUT2D eigenvalue weighted by Gasteiger charge is -1.96. The number of esters is 1. The summed E-state index contributed by atoms with van der Waals surface area (Å²) < 4.78 is 5.49. The number of benzene rings is 1. The van der Waals surface area contributed by atoms with E-state index in [-0.39, 0.29) is 0 Å². The Labute approximate surface area is 118 Å². The number of aromatic amines is 1. The van der Waals surface area contributed by atoms with Crippen LogP contribution in [0.4, 0.5) is 0 Å². The Morgan fingerprint density at radius 2 is 2.42 bits per heavy atom. The molecular formula is C13H10BrN3O2. The predicted octanol–water partition coefficient (Wildman–Crippen LogP) is 2.77. The molecule has 0 atom stereocenters. The Morgan fingerprint density at radius 3 is 3.11 bits per heavy atom. The smallest absolute Gasteiger partial charge is 0.330 e. The first-order chi connectivity index (χ1) is 9.15. The highest BCUT2D eigenvalue weighted by Gasteiger charge is 2.08. The predicted molar refractivity (Wildman–Crippen MR) is 74.2 cm³/mol. The molecule has 0 aliphatic rings. The third-order valence-corrected chi connectivity index (χ3v) is 3.12. The summed E-state index contributed by atoms with van der Waals surface area (Å²) in [6, 6.07) is 5.57. The number of carbonyl (C=O) groups is 1. The van der Waals surface area contributed by atoms with E-state index >= 15 is 0 Å². The molecule has 0 saturated carbocycles. The van der Waals surface area contributed by atoms with E-state index in [0.29, 0.717) is 22.3 Å². The van der Waals surface area contributed by atoms with Gasteiger partial charge in [-0.3, -0.25) is 5.10 Å². The summed E-state index contributed by atoms with van der Waals surface area (Å²) in [5.74, 6) is -0.411. The number of rotatable bonds is 3. The van der Waals surface area contributed by atoms with Crippen molar-refractivity contribution in [3.63, 3.8) is 0 Å². The summed E-state index contributed by atoms with van der Waals surface area (Å²) in [7, 11) is 0. The summed E-state index contributed by atoms with van der Waals surface area (Å²) in [6.45, 7) is 2.08. The second-order valence-electron chi connectivity index (χ2n) is 3.68. The van der Waals surface area contributed by atoms with Gasteiger partial charge in [-0.05, 0) is 41.1 Å². The van der Waals surface area contributed by atoms with E-state index in [4.69, 9.17) is 10.00 Å². The molecule has 1 heterocycles. The molecule has 6 heteroatoms. The number of nitrogens with one attached hydrogen (secondary N) is 1. The maximum absolute atomic E-state index is 11.2. The minimum absolute atomic E-state index is 0.335. The fourth-order valence-corrected chi connectivity index (χ4v) is 2.04. The Bertz CT molecular complexity index is 698. The summed E-state index contributed by atoms with van der Waals surface area (Å²) in [4.78, 5) is 11.2. The molecule has 0 unspecified atom stereocenters. The molecule has 0 bridgehead atoms. The summed E-state index contributed by atoms with van der Waals surface area (Å²) in [5.41, 5.74) is 1.88. The second kappa shape index (κ2) is 5.67. The zero-order valence-corrected chi connectivity index (χ0v) is 11.7. The number of nitrogens with zero attached hydrogens (tertiary/aromatic N) is 2. The van der Waals surface area contributed by atoms with Gasteiger partial charge < -0.3 is 4.74 Å². The van der Waals surface area contributed by atoms with Crippen LogP contribution in [-0.2, 0) is 9.53 Å². The normalized spacial score (nSPS) is 10.8. The number of H-pyrrole nitrogens is 1. The van der Waals surface area contributed by atoms with E-state index in [1.165, 1.54) is 6.08 Å². The van der Waals surface area contributed by atoms with Crippen molar-refractivity contribution in [2.75, 3.05) is 6.61 Å². The lowest BCUT2D eigenvalue weighted by molar-refractivity contribution is -0.137. The topological polar surface area (TPSA) is 78.8 Å². The number of nitriles is 1. The van der Waals surface area contributed by atoms with Crippen LogP contribution in [0.5, 0.6) is 0 Å². The molecule has 0 aliphatic carbocycles. The Kier molecular flexibility index (Phi) is 3.97. The number of ether oxygens (including phenoxy) is 1. The fourth-order valence-electron chi connectivity index (χ4n) is 1.61. The van der Waals surface area contributed by atoms with Crippen molar-refractivity contribution >= 4 is 38.9 Å². The van der Waals surface area contributed by atoms with Gasteiger partial charge >= 0.3 is 5.97 Å². The molecule has 1 N–H and O–H groups in total. The number of hydrogen-bond donors (Lipinski definition) is 1. The molecule has 1 aromatic carbocycles. The summed E-state index contributed by atoms with van der Waals surface area (Å²) >= 11 is 3.32. The Balaban J connectivity index is 2.38. The lowest BCUT2D eigenvalue weighted by Crippen LogP contribution is -1.98. The number of hydrogen-bond acceptors (Lipinski definition) is 4. The zero-order chi connectivity index (χ0) is 13.8. The molecule has 19 heavy (non-hydrogen) atoms. The summed E-state index contributed by atoms with van der Waals surface area (Å²) in [5, 5.41) is 16.7. The molecule has 0 spiro atoms. The fraction of sp³-hybridized carbons (Fsp3) is 0.154. The van der Waals surface area contributed by atoms with Gasteiger partial charge in [-0.25, -0.2) is 4.79 Å². The van der Waals surface area contributed by atoms with Gasteiger partial charge in [-0.1, -0.05) is 0 Å². The van der Waals surface area contributed by atoms with Gasteiger partial charge in [0.25, 0.3) is 0 Å². The first kappa shape index (κ1) is 13.3. The van der Waals surface area contributed by atoms with Crippen molar-refractivity contribution in [3.8, 4) is 6.07 Å². The molecule has 1 aromatic heterocycles. The van der Waals surface area contributed by atoms with Crippen LogP contribution in [0.2, 0.25) is 0 Å². The van der Waals surface area contributed by atoms with Crippen LogP contribution in [0.15, 0.2) is 22.7 Å². The lowest BCUT2D eigenvalue weighted by atomic mass is 10.1. The highest BCUT2D eigenvalue weighted by atomic mass is 79.9. The molecule has 0 radical (unpaired) electrons. The van der Waals surface area contributed by atoms with Gasteiger partial charge in [-0.2, -0.15) is 10.4 Å². The first-order valence-electron chi connectivity index (χ1n) is 5.58. The number of fused-ring (bicyclic) bond motifs is 1. The van der Waals surface area contributed by atoms with Crippen LogP contribution in [0.25, 0.3) is 17.0 Å². The maximum atomic E-state index is 11.2. The van der Waals surface area contributed by atoms with Gasteiger partial charge in [0.1, 0.15) is 6.07 Å². The quantitative estimate of drug-likeness (QED) is 0.697. The van der Waals surface area contributed by atoms with Gasteiger partial charge in [0.2, 0.25) is 0 Å². The highest BCUT2D eigenvalue weighted by Crippen LogP contribution is 2.25. The van der Waals surface area contributed by atoms with Gasteiger partial charge in [0, 0.05) is 15.9 Å². The summed E-state index contributed by atoms with van der Waals surface area (Å²) in [6.07, 6.45) is 2.90. The van der Waals surface area contributed by atoms with Crippen LogP contribution in [0.3, 0.4) is 0 Å². The van der Waals surface area contributed by atoms with Crippen LogP contribution < -0.4 is 0 Å². The Hall–Kier alpha value is -2.13. The minimum Gasteiger partial charge on any atom is -0.463 e. The Morgan fingerprint density at radius 1 is 1.63 bits per heavy atom.